The second-order valence-electron chi connectivity index (χ2n) is 4.91. The van der Waals surface area contributed by atoms with Crippen LogP contribution in [0.5, 0.6) is 0 Å². The standard InChI is InChI=1S/C13H27NO2/c1-10(11(2)15-3)14-12-8-6-5-7-9-13(12)16-4/h10-14H,5-9H2,1-4H3. The lowest BCUT2D eigenvalue weighted by Gasteiger charge is -2.30. The lowest BCUT2D eigenvalue weighted by Crippen LogP contribution is -2.48. The summed E-state index contributed by atoms with van der Waals surface area (Å²) in [6.07, 6.45) is 6.97. The maximum Gasteiger partial charge on any atom is 0.0724 e. The van der Waals surface area contributed by atoms with Crippen LogP contribution in [0, 0.1) is 0 Å². The molecule has 1 N–H and O–H groups in total. The van der Waals surface area contributed by atoms with Crippen molar-refractivity contribution in [2.24, 2.45) is 0 Å². The van der Waals surface area contributed by atoms with Gasteiger partial charge in [0, 0.05) is 26.3 Å². The Kier molecular flexibility index (Phi) is 6.32. The highest BCUT2D eigenvalue weighted by Crippen LogP contribution is 2.21. The maximum absolute atomic E-state index is 5.59. The van der Waals surface area contributed by atoms with Gasteiger partial charge in [0.05, 0.1) is 12.2 Å². The first kappa shape index (κ1) is 13.9. The summed E-state index contributed by atoms with van der Waals surface area (Å²) in [5.41, 5.74) is 0. The summed E-state index contributed by atoms with van der Waals surface area (Å²) in [5, 5.41) is 3.66. The van der Waals surface area contributed by atoms with Crippen molar-refractivity contribution < 1.29 is 9.47 Å². The molecule has 0 heterocycles. The van der Waals surface area contributed by atoms with Crippen LogP contribution in [0.15, 0.2) is 0 Å². The van der Waals surface area contributed by atoms with Crippen LogP contribution < -0.4 is 5.32 Å². The molecule has 1 rings (SSSR count). The Morgan fingerprint density at radius 1 is 1.06 bits per heavy atom. The monoisotopic (exact) mass is 229 g/mol. The zero-order valence-electron chi connectivity index (χ0n) is 11.2. The third-order valence-electron chi connectivity index (χ3n) is 3.81. The van der Waals surface area contributed by atoms with Gasteiger partial charge in [0.15, 0.2) is 0 Å². The summed E-state index contributed by atoms with van der Waals surface area (Å²) in [6.45, 7) is 4.29. The van der Waals surface area contributed by atoms with Crippen LogP contribution >= 0.6 is 0 Å². The second-order valence-corrected chi connectivity index (χ2v) is 4.91. The first-order chi connectivity index (χ1) is 7.69. The summed E-state index contributed by atoms with van der Waals surface area (Å²) in [5.74, 6) is 0. The zero-order chi connectivity index (χ0) is 12.0. The molecule has 0 spiro atoms. The summed E-state index contributed by atoms with van der Waals surface area (Å²) >= 11 is 0. The Labute approximate surface area is 99.9 Å². The van der Waals surface area contributed by atoms with Crippen LogP contribution in [0.4, 0.5) is 0 Å². The fourth-order valence-corrected chi connectivity index (χ4v) is 2.42. The number of hydrogen-bond acceptors (Lipinski definition) is 3. The van der Waals surface area contributed by atoms with Crippen molar-refractivity contribution in [3.63, 3.8) is 0 Å². The van der Waals surface area contributed by atoms with Gasteiger partial charge < -0.3 is 14.8 Å². The van der Waals surface area contributed by atoms with E-state index in [2.05, 4.69) is 19.2 Å². The minimum absolute atomic E-state index is 0.251. The van der Waals surface area contributed by atoms with Gasteiger partial charge in [0.25, 0.3) is 0 Å². The molecule has 0 aromatic carbocycles. The quantitative estimate of drug-likeness (QED) is 0.734. The molecule has 0 amide bonds. The normalized spacial score (nSPS) is 30.8. The molecule has 1 saturated carbocycles. The predicted octanol–water partition coefficient (Wildman–Crippen LogP) is 2.35. The fraction of sp³-hybridized carbons (Fsp3) is 1.00. The van der Waals surface area contributed by atoms with Gasteiger partial charge >= 0.3 is 0 Å². The third-order valence-corrected chi connectivity index (χ3v) is 3.81. The third kappa shape index (κ3) is 4.04. The Bertz CT molecular complexity index is 187. The SMILES string of the molecule is COC(C)C(C)NC1CCCCCC1OC. The van der Waals surface area contributed by atoms with Gasteiger partial charge in [-0.05, 0) is 26.7 Å². The molecule has 3 heteroatoms. The molecule has 1 aliphatic rings. The molecule has 0 saturated heterocycles. The molecule has 0 radical (unpaired) electrons. The van der Waals surface area contributed by atoms with Gasteiger partial charge in [-0.3, -0.25) is 0 Å². The summed E-state index contributed by atoms with van der Waals surface area (Å²) in [6, 6.07) is 0.867. The average Bonchev–Trinajstić information content (AvgIpc) is 2.52. The molecule has 4 unspecified atom stereocenters. The number of rotatable bonds is 5. The molecular formula is C13H27NO2. The van der Waals surface area contributed by atoms with Gasteiger partial charge in [0.1, 0.15) is 0 Å². The van der Waals surface area contributed by atoms with Crippen molar-refractivity contribution in [2.45, 2.75) is 70.2 Å². The van der Waals surface area contributed by atoms with Crippen molar-refractivity contribution >= 4 is 0 Å². The highest BCUT2D eigenvalue weighted by molar-refractivity contribution is 4.83. The van der Waals surface area contributed by atoms with E-state index in [1.807, 2.05) is 7.11 Å². The number of nitrogens with one attached hydrogen (secondary N) is 1. The highest BCUT2D eigenvalue weighted by Gasteiger charge is 2.25. The molecule has 16 heavy (non-hydrogen) atoms. The van der Waals surface area contributed by atoms with Gasteiger partial charge in [0.2, 0.25) is 0 Å². The molecule has 0 aromatic rings. The molecule has 96 valence electrons. The van der Waals surface area contributed by atoms with Crippen molar-refractivity contribution in [2.75, 3.05) is 14.2 Å². The largest absolute Gasteiger partial charge is 0.380 e. The minimum Gasteiger partial charge on any atom is -0.380 e. The van der Waals surface area contributed by atoms with Crippen molar-refractivity contribution in [1.29, 1.82) is 0 Å². The summed E-state index contributed by atoms with van der Waals surface area (Å²) < 4.78 is 10.9. The van der Waals surface area contributed by atoms with E-state index < -0.39 is 0 Å². The van der Waals surface area contributed by atoms with Gasteiger partial charge in [-0.2, -0.15) is 0 Å². The molecule has 3 nitrogen and oxygen atoms in total. The topological polar surface area (TPSA) is 30.5 Å². The van der Waals surface area contributed by atoms with E-state index >= 15 is 0 Å². The van der Waals surface area contributed by atoms with E-state index in [-0.39, 0.29) is 6.10 Å². The smallest absolute Gasteiger partial charge is 0.0724 e. The maximum atomic E-state index is 5.59. The van der Waals surface area contributed by atoms with E-state index in [0.717, 1.165) is 0 Å². The zero-order valence-corrected chi connectivity index (χ0v) is 11.2. The fourth-order valence-electron chi connectivity index (χ4n) is 2.42. The molecule has 0 bridgehead atoms. The second kappa shape index (κ2) is 7.25. The highest BCUT2D eigenvalue weighted by atomic mass is 16.5. The lowest BCUT2D eigenvalue weighted by molar-refractivity contribution is 0.0391. The predicted molar refractivity (Wildman–Crippen MR) is 66.7 cm³/mol. The molecule has 0 aliphatic heterocycles. The van der Waals surface area contributed by atoms with Crippen LogP contribution in [-0.2, 0) is 9.47 Å². The Balaban J connectivity index is 2.47. The van der Waals surface area contributed by atoms with Gasteiger partial charge in [-0.15, -0.1) is 0 Å². The molecular weight excluding hydrogens is 202 g/mol. The van der Waals surface area contributed by atoms with E-state index in [9.17, 15) is 0 Å². The Morgan fingerprint density at radius 2 is 1.75 bits per heavy atom. The Hall–Kier alpha value is -0.120. The minimum atomic E-state index is 0.251. The van der Waals surface area contributed by atoms with Gasteiger partial charge in [-0.25, -0.2) is 0 Å². The summed E-state index contributed by atoms with van der Waals surface area (Å²) in [4.78, 5) is 0. The average molecular weight is 229 g/mol. The first-order valence-corrected chi connectivity index (χ1v) is 6.50. The molecule has 1 aliphatic carbocycles. The first-order valence-electron chi connectivity index (χ1n) is 6.50. The number of methoxy groups -OCH3 is 2. The van der Waals surface area contributed by atoms with Crippen LogP contribution in [-0.4, -0.2) is 38.5 Å². The van der Waals surface area contributed by atoms with Crippen molar-refractivity contribution in [1.82, 2.24) is 5.32 Å². The molecule has 1 fully saturated rings. The Morgan fingerprint density at radius 3 is 2.38 bits per heavy atom. The number of hydrogen-bond donors (Lipinski definition) is 1. The van der Waals surface area contributed by atoms with Crippen molar-refractivity contribution in [3.05, 3.63) is 0 Å². The van der Waals surface area contributed by atoms with Crippen LogP contribution in [0.3, 0.4) is 0 Å². The van der Waals surface area contributed by atoms with E-state index in [1.165, 1.54) is 32.1 Å². The van der Waals surface area contributed by atoms with Crippen LogP contribution in [0.25, 0.3) is 0 Å². The van der Waals surface area contributed by atoms with E-state index in [0.29, 0.717) is 18.2 Å². The van der Waals surface area contributed by atoms with E-state index in [4.69, 9.17) is 9.47 Å². The van der Waals surface area contributed by atoms with Crippen LogP contribution in [0.1, 0.15) is 46.0 Å². The summed E-state index contributed by atoms with van der Waals surface area (Å²) in [7, 11) is 3.60. The molecule has 4 atom stereocenters. The van der Waals surface area contributed by atoms with Crippen LogP contribution in [0.2, 0.25) is 0 Å². The van der Waals surface area contributed by atoms with E-state index in [1.54, 1.807) is 7.11 Å². The molecule has 0 aromatic heterocycles. The van der Waals surface area contributed by atoms with Gasteiger partial charge in [-0.1, -0.05) is 19.3 Å². The lowest BCUT2D eigenvalue weighted by atomic mass is 10.0. The number of ether oxygens (including phenoxy) is 2. The van der Waals surface area contributed by atoms with Crippen molar-refractivity contribution in [3.8, 4) is 0 Å².